The fraction of sp³-hybridized carbons (Fsp3) is 0.652. The van der Waals surface area contributed by atoms with E-state index in [1.165, 1.54) is 27.8 Å². The monoisotopic (exact) mass is 464 g/mol. The molecule has 1 aromatic rings. The number of nitrogens with one attached hydrogen (secondary N) is 2. The summed E-state index contributed by atoms with van der Waals surface area (Å²) in [5.41, 5.74) is 0.352. The molecule has 2 aliphatic heterocycles. The molecule has 4 atom stereocenters. The lowest BCUT2D eigenvalue weighted by Crippen LogP contribution is -2.45. The molecule has 33 heavy (non-hydrogen) atoms. The minimum Gasteiger partial charge on any atom is -0.493 e. The highest BCUT2D eigenvalue weighted by atomic mass is 16.6. The Morgan fingerprint density at radius 1 is 0.879 bits per heavy atom. The van der Waals surface area contributed by atoms with Crippen molar-refractivity contribution in [3.05, 3.63) is 17.7 Å². The van der Waals surface area contributed by atoms with Crippen LogP contribution in [0, 0.1) is 0 Å². The first-order valence-electron chi connectivity index (χ1n) is 11.3. The van der Waals surface area contributed by atoms with Gasteiger partial charge in [0.15, 0.2) is 17.6 Å². The van der Waals surface area contributed by atoms with Crippen LogP contribution in [-0.4, -0.2) is 76.9 Å². The molecule has 4 rings (SSSR count). The van der Waals surface area contributed by atoms with Gasteiger partial charge in [0.1, 0.15) is 12.2 Å². The molecule has 0 bridgehead atoms. The summed E-state index contributed by atoms with van der Waals surface area (Å²) in [5.74, 6) is 0.854. The van der Waals surface area contributed by atoms with Crippen molar-refractivity contribution in [3.8, 4) is 17.2 Å². The third kappa shape index (κ3) is 5.11. The Morgan fingerprint density at radius 2 is 1.55 bits per heavy atom. The van der Waals surface area contributed by atoms with Gasteiger partial charge in [-0.15, -0.1) is 0 Å². The molecular formula is C23H32N2O8. The van der Waals surface area contributed by atoms with Gasteiger partial charge >= 0.3 is 6.09 Å². The number of amides is 2. The summed E-state index contributed by atoms with van der Waals surface area (Å²) in [6.07, 6.45) is 3.64. The lowest BCUT2D eigenvalue weighted by Gasteiger charge is -2.24. The molecule has 3 fully saturated rings. The van der Waals surface area contributed by atoms with E-state index in [9.17, 15) is 9.59 Å². The molecule has 3 aliphatic rings. The van der Waals surface area contributed by atoms with E-state index < -0.39 is 24.4 Å². The first kappa shape index (κ1) is 23.4. The van der Waals surface area contributed by atoms with E-state index in [0.717, 1.165) is 25.7 Å². The van der Waals surface area contributed by atoms with E-state index in [2.05, 4.69) is 10.6 Å². The summed E-state index contributed by atoms with van der Waals surface area (Å²) in [5, 5.41) is 5.89. The number of rotatable bonds is 7. The van der Waals surface area contributed by atoms with E-state index >= 15 is 0 Å². The van der Waals surface area contributed by atoms with Crippen LogP contribution >= 0.6 is 0 Å². The largest absolute Gasteiger partial charge is 0.493 e. The molecule has 0 spiro atoms. The third-order valence-electron chi connectivity index (χ3n) is 6.44. The number of ether oxygens (including phenoxy) is 6. The molecule has 2 N–H and O–H groups in total. The minimum absolute atomic E-state index is 0.166. The Morgan fingerprint density at radius 3 is 2.18 bits per heavy atom. The van der Waals surface area contributed by atoms with Gasteiger partial charge in [-0.2, -0.15) is 0 Å². The van der Waals surface area contributed by atoms with Crippen LogP contribution in [0.25, 0.3) is 0 Å². The van der Waals surface area contributed by atoms with Gasteiger partial charge < -0.3 is 39.1 Å². The molecule has 10 heteroatoms. The van der Waals surface area contributed by atoms with Crippen LogP contribution in [-0.2, 0) is 14.2 Å². The Balaban J connectivity index is 1.35. The number of carbonyl (C=O) groups excluding carboxylic acids is 2. The second-order valence-corrected chi connectivity index (χ2v) is 8.51. The number of hydrogen-bond donors (Lipinski definition) is 2. The van der Waals surface area contributed by atoms with E-state index in [1.807, 2.05) is 0 Å². The Bertz CT molecular complexity index is 832. The number of fused-ring (bicyclic) bond motifs is 1. The number of hydrogen-bond acceptors (Lipinski definition) is 8. The Kier molecular flexibility index (Phi) is 7.44. The summed E-state index contributed by atoms with van der Waals surface area (Å²) in [6, 6.07) is 2.96. The molecule has 10 nitrogen and oxygen atoms in total. The highest BCUT2D eigenvalue weighted by Crippen LogP contribution is 2.38. The van der Waals surface area contributed by atoms with Crippen molar-refractivity contribution >= 4 is 12.0 Å². The fourth-order valence-electron chi connectivity index (χ4n) is 4.74. The molecule has 182 valence electrons. The normalized spacial score (nSPS) is 26.9. The molecule has 2 amide bonds. The van der Waals surface area contributed by atoms with Crippen LogP contribution in [0.5, 0.6) is 17.2 Å². The summed E-state index contributed by atoms with van der Waals surface area (Å²) in [6.45, 7) is 0.486. The molecule has 1 aliphatic carbocycles. The van der Waals surface area contributed by atoms with Gasteiger partial charge in [0.25, 0.3) is 5.91 Å². The lowest BCUT2D eigenvalue weighted by molar-refractivity contribution is 0.00260. The van der Waals surface area contributed by atoms with Gasteiger partial charge in [-0.1, -0.05) is 19.3 Å². The van der Waals surface area contributed by atoms with Crippen molar-refractivity contribution in [2.75, 3.05) is 34.5 Å². The summed E-state index contributed by atoms with van der Waals surface area (Å²) < 4.78 is 33.2. The Labute approximate surface area is 193 Å². The van der Waals surface area contributed by atoms with Gasteiger partial charge in [-0.3, -0.25) is 4.79 Å². The van der Waals surface area contributed by atoms with Crippen molar-refractivity contribution in [1.29, 1.82) is 0 Å². The second-order valence-electron chi connectivity index (χ2n) is 8.51. The molecule has 0 radical (unpaired) electrons. The number of carbonyl (C=O) groups is 2. The van der Waals surface area contributed by atoms with E-state index in [4.69, 9.17) is 28.4 Å². The molecular weight excluding hydrogens is 432 g/mol. The topological polar surface area (TPSA) is 114 Å². The predicted molar refractivity (Wildman–Crippen MR) is 117 cm³/mol. The SMILES string of the molecule is COc1cc(C(=O)N[C@@H]2CO[C@@H]3[C@@H]2OC[C@H]3OC(=O)NC2CCCCC2)cc(OC)c1OC. The van der Waals surface area contributed by atoms with Crippen LogP contribution in [0.4, 0.5) is 4.79 Å². The Hall–Kier alpha value is -2.72. The number of benzene rings is 1. The van der Waals surface area contributed by atoms with Crippen molar-refractivity contribution < 1.29 is 38.0 Å². The zero-order valence-corrected chi connectivity index (χ0v) is 19.3. The summed E-state index contributed by atoms with van der Waals surface area (Å²) in [7, 11) is 4.48. The maximum absolute atomic E-state index is 12.9. The first-order valence-corrected chi connectivity index (χ1v) is 11.3. The fourth-order valence-corrected chi connectivity index (χ4v) is 4.74. The van der Waals surface area contributed by atoms with Crippen LogP contribution in [0.15, 0.2) is 12.1 Å². The smallest absolute Gasteiger partial charge is 0.407 e. The average molecular weight is 465 g/mol. The van der Waals surface area contributed by atoms with Crippen LogP contribution in [0.3, 0.4) is 0 Å². The standard InChI is InChI=1S/C23H32N2O8/c1-28-16-9-13(10-17(29-2)20(16)30-3)22(26)25-15-11-31-21-18(12-32-19(15)21)33-23(27)24-14-7-5-4-6-8-14/h9-10,14-15,18-19,21H,4-8,11-12H2,1-3H3,(H,24,27)(H,25,26)/t15-,18-,19-,21+/m1/s1. The lowest BCUT2D eigenvalue weighted by atomic mass is 9.96. The van der Waals surface area contributed by atoms with E-state index in [1.54, 1.807) is 12.1 Å². The minimum atomic E-state index is -0.512. The van der Waals surface area contributed by atoms with Crippen molar-refractivity contribution in [3.63, 3.8) is 0 Å². The molecule has 0 aromatic heterocycles. The first-order chi connectivity index (χ1) is 16.0. The van der Waals surface area contributed by atoms with Gasteiger partial charge in [0.05, 0.1) is 40.6 Å². The highest BCUT2D eigenvalue weighted by Gasteiger charge is 2.50. The van der Waals surface area contributed by atoms with E-state index in [0.29, 0.717) is 22.8 Å². The average Bonchev–Trinajstić information content (AvgIpc) is 3.41. The summed E-state index contributed by atoms with van der Waals surface area (Å²) in [4.78, 5) is 25.3. The predicted octanol–water partition coefficient (Wildman–Crippen LogP) is 2.04. The van der Waals surface area contributed by atoms with Crippen molar-refractivity contribution in [1.82, 2.24) is 10.6 Å². The second kappa shape index (κ2) is 10.5. The number of alkyl carbamates (subject to hydrolysis) is 1. The maximum Gasteiger partial charge on any atom is 0.407 e. The van der Waals surface area contributed by atoms with Gasteiger partial charge in [0, 0.05) is 11.6 Å². The van der Waals surface area contributed by atoms with Crippen LogP contribution < -0.4 is 24.8 Å². The third-order valence-corrected chi connectivity index (χ3v) is 6.44. The van der Waals surface area contributed by atoms with E-state index in [-0.39, 0.29) is 31.2 Å². The maximum atomic E-state index is 12.9. The molecule has 2 heterocycles. The van der Waals surface area contributed by atoms with Crippen molar-refractivity contribution in [2.45, 2.75) is 62.5 Å². The molecule has 2 saturated heterocycles. The quantitative estimate of drug-likeness (QED) is 0.630. The molecule has 1 saturated carbocycles. The zero-order chi connectivity index (χ0) is 23.4. The van der Waals surface area contributed by atoms with Gasteiger partial charge in [0.2, 0.25) is 5.75 Å². The van der Waals surface area contributed by atoms with Gasteiger partial charge in [-0.05, 0) is 25.0 Å². The van der Waals surface area contributed by atoms with Crippen LogP contribution in [0.2, 0.25) is 0 Å². The zero-order valence-electron chi connectivity index (χ0n) is 19.3. The van der Waals surface area contributed by atoms with Gasteiger partial charge in [-0.25, -0.2) is 4.79 Å². The van der Waals surface area contributed by atoms with Crippen molar-refractivity contribution in [2.24, 2.45) is 0 Å². The molecule has 1 aromatic carbocycles. The summed E-state index contributed by atoms with van der Waals surface area (Å²) >= 11 is 0. The number of methoxy groups -OCH3 is 3. The highest BCUT2D eigenvalue weighted by molar-refractivity contribution is 5.96. The molecule has 0 unspecified atom stereocenters. The van der Waals surface area contributed by atoms with Crippen LogP contribution in [0.1, 0.15) is 42.5 Å².